The lowest BCUT2D eigenvalue weighted by atomic mass is 10.3. The molecule has 0 aromatic carbocycles. The van der Waals surface area contributed by atoms with E-state index in [1.807, 2.05) is 4.90 Å². The standard InChI is InChI=1S/C7H12FNO/c8-7-2-4-9(6-7)3-1-5-10/h5,7H,1-4,6H2. The minimum atomic E-state index is -0.661. The monoisotopic (exact) mass is 145 g/mol. The number of carbonyl (C=O) groups is 1. The molecule has 0 radical (unpaired) electrons. The fourth-order valence-corrected chi connectivity index (χ4v) is 1.22. The van der Waals surface area contributed by atoms with Crippen LogP contribution >= 0.6 is 0 Å². The Hall–Kier alpha value is -0.440. The van der Waals surface area contributed by atoms with Gasteiger partial charge in [0.15, 0.2) is 0 Å². The van der Waals surface area contributed by atoms with Crippen molar-refractivity contribution in [3.8, 4) is 0 Å². The molecule has 0 aromatic rings. The third-order valence-corrected chi connectivity index (χ3v) is 1.78. The molecule has 3 heteroatoms. The van der Waals surface area contributed by atoms with E-state index in [2.05, 4.69) is 0 Å². The number of rotatable bonds is 3. The Kier molecular flexibility index (Phi) is 2.81. The largest absolute Gasteiger partial charge is 0.303 e. The van der Waals surface area contributed by atoms with Gasteiger partial charge < -0.3 is 4.79 Å². The molecule has 0 saturated carbocycles. The average Bonchev–Trinajstić information content (AvgIpc) is 2.31. The molecule has 1 fully saturated rings. The first kappa shape index (κ1) is 7.66. The van der Waals surface area contributed by atoms with Gasteiger partial charge >= 0.3 is 0 Å². The van der Waals surface area contributed by atoms with E-state index in [1.54, 1.807) is 0 Å². The van der Waals surface area contributed by atoms with Crippen LogP contribution in [0.4, 0.5) is 4.39 Å². The quantitative estimate of drug-likeness (QED) is 0.542. The molecule has 1 heterocycles. The van der Waals surface area contributed by atoms with Crippen LogP contribution in [0.15, 0.2) is 0 Å². The number of hydrogen-bond acceptors (Lipinski definition) is 2. The van der Waals surface area contributed by atoms with Crippen LogP contribution in [0, 0.1) is 0 Å². The summed E-state index contributed by atoms with van der Waals surface area (Å²) in [4.78, 5) is 11.9. The molecule has 10 heavy (non-hydrogen) atoms. The van der Waals surface area contributed by atoms with E-state index in [9.17, 15) is 9.18 Å². The topological polar surface area (TPSA) is 20.3 Å². The first-order valence-electron chi connectivity index (χ1n) is 3.63. The molecule has 0 aliphatic carbocycles. The molecule has 1 aliphatic heterocycles. The van der Waals surface area contributed by atoms with Gasteiger partial charge in [0.2, 0.25) is 0 Å². The van der Waals surface area contributed by atoms with Crippen LogP contribution in [0.2, 0.25) is 0 Å². The van der Waals surface area contributed by atoms with Crippen LogP contribution in [0.25, 0.3) is 0 Å². The molecule has 0 bridgehead atoms. The van der Waals surface area contributed by atoms with Gasteiger partial charge in [-0.05, 0) is 6.42 Å². The molecule has 1 rings (SSSR count). The van der Waals surface area contributed by atoms with Crippen LogP contribution in [0.3, 0.4) is 0 Å². The number of halogens is 1. The van der Waals surface area contributed by atoms with Crippen molar-refractivity contribution in [2.24, 2.45) is 0 Å². The van der Waals surface area contributed by atoms with Crippen LogP contribution in [-0.4, -0.2) is 37.0 Å². The minimum absolute atomic E-state index is 0.522. The maximum absolute atomic E-state index is 12.5. The number of alkyl halides is 1. The first-order chi connectivity index (χ1) is 4.83. The Morgan fingerprint density at radius 3 is 3.00 bits per heavy atom. The van der Waals surface area contributed by atoms with Gasteiger partial charge in [-0.25, -0.2) is 4.39 Å². The van der Waals surface area contributed by atoms with Crippen LogP contribution < -0.4 is 0 Å². The van der Waals surface area contributed by atoms with Crippen molar-refractivity contribution in [3.05, 3.63) is 0 Å². The van der Waals surface area contributed by atoms with Gasteiger partial charge in [-0.2, -0.15) is 0 Å². The van der Waals surface area contributed by atoms with Gasteiger partial charge in [-0.3, -0.25) is 4.90 Å². The Morgan fingerprint density at radius 1 is 1.70 bits per heavy atom. The summed E-state index contributed by atoms with van der Waals surface area (Å²) in [6.45, 7) is 2.06. The highest BCUT2D eigenvalue weighted by Crippen LogP contribution is 2.11. The van der Waals surface area contributed by atoms with Crippen LogP contribution in [-0.2, 0) is 4.79 Å². The molecular formula is C7H12FNO. The third-order valence-electron chi connectivity index (χ3n) is 1.78. The smallest absolute Gasteiger partial charge is 0.121 e. The Labute approximate surface area is 60.0 Å². The zero-order valence-electron chi connectivity index (χ0n) is 5.92. The van der Waals surface area contributed by atoms with E-state index in [1.165, 1.54) is 0 Å². The summed E-state index contributed by atoms with van der Waals surface area (Å²) in [6, 6.07) is 0. The predicted molar refractivity (Wildman–Crippen MR) is 36.6 cm³/mol. The number of likely N-dealkylation sites (tertiary alicyclic amines) is 1. The SMILES string of the molecule is O=CCCN1CCC(F)C1. The zero-order valence-corrected chi connectivity index (χ0v) is 5.92. The van der Waals surface area contributed by atoms with E-state index in [0.29, 0.717) is 19.4 Å². The lowest BCUT2D eigenvalue weighted by Crippen LogP contribution is -2.22. The van der Waals surface area contributed by atoms with Gasteiger partial charge in [0.05, 0.1) is 0 Å². The van der Waals surface area contributed by atoms with Crippen molar-refractivity contribution < 1.29 is 9.18 Å². The average molecular weight is 145 g/mol. The second kappa shape index (κ2) is 3.66. The fraction of sp³-hybridized carbons (Fsp3) is 0.857. The molecule has 58 valence electrons. The number of hydrogen-bond donors (Lipinski definition) is 0. The molecule has 0 N–H and O–H groups in total. The lowest BCUT2D eigenvalue weighted by Gasteiger charge is -2.10. The molecular weight excluding hydrogens is 133 g/mol. The normalized spacial score (nSPS) is 27.1. The summed E-state index contributed by atoms with van der Waals surface area (Å²) in [7, 11) is 0. The van der Waals surface area contributed by atoms with E-state index < -0.39 is 6.17 Å². The fourth-order valence-electron chi connectivity index (χ4n) is 1.22. The third kappa shape index (κ3) is 2.06. The molecule has 2 nitrogen and oxygen atoms in total. The van der Waals surface area contributed by atoms with Gasteiger partial charge in [-0.15, -0.1) is 0 Å². The number of aldehydes is 1. The van der Waals surface area contributed by atoms with Crippen molar-refractivity contribution in [3.63, 3.8) is 0 Å². The second-order valence-corrected chi connectivity index (χ2v) is 2.64. The van der Waals surface area contributed by atoms with E-state index in [0.717, 1.165) is 19.4 Å². The van der Waals surface area contributed by atoms with E-state index in [-0.39, 0.29) is 0 Å². The van der Waals surface area contributed by atoms with Crippen molar-refractivity contribution in [2.75, 3.05) is 19.6 Å². The summed E-state index contributed by atoms with van der Waals surface area (Å²) in [6.07, 6.45) is 1.39. The van der Waals surface area contributed by atoms with Crippen molar-refractivity contribution in [1.29, 1.82) is 0 Å². The summed E-state index contributed by atoms with van der Waals surface area (Å²) >= 11 is 0. The molecule has 0 aromatic heterocycles. The highest BCUT2D eigenvalue weighted by molar-refractivity contribution is 5.49. The second-order valence-electron chi connectivity index (χ2n) is 2.64. The van der Waals surface area contributed by atoms with Crippen LogP contribution in [0.5, 0.6) is 0 Å². The van der Waals surface area contributed by atoms with Gasteiger partial charge in [0.1, 0.15) is 12.5 Å². The Bertz CT molecular complexity index is 118. The van der Waals surface area contributed by atoms with Gasteiger partial charge in [-0.1, -0.05) is 0 Å². The Morgan fingerprint density at radius 2 is 2.50 bits per heavy atom. The minimum Gasteiger partial charge on any atom is -0.303 e. The lowest BCUT2D eigenvalue weighted by molar-refractivity contribution is -0.108. The van der Waals surface area contributed by atoms with E-state index in [4.69, 9.17) is 0 Å². The van der Waals surface area contributed by atoms with Crippen LogP contribution in [0.1, 0.15) is 12.8 Å². The summed E-state index contributed by atoms with van der Waals surface area (Å²) in [5.41, 5.74) is 0. The first-order valence-corrected chi connectivity index (χ1v) is 3.63. The highest BCUT2D eigenvalue weighted by Gasteiger charge is 2.20. The molecule has 0 spiro atoms. The molecule has 1 aliphatic rings. The van der Waals surface area contributed by atoms with Crippen molar-refractivity contribution in [1.82, 2.24) is 4.90 Å². The maximum Gasteiger partial charge on any atom is 0.121 e. The number of carbonyl (C=O) groups excluding carboxylic acids is 1. The highest BCUT2D eigenvalue weighted by atomic mass is 19.1. The van der Waals surface area contributed by atoms with Crippen molar-refractivity contribution >= 4 is 6.29 Å². The van der Waals surface area contributed by atoms with Crippen molar-refractivity contribution in [2.45, 2.75) is 19.0 Å². The Balaban J connectivity index is 2.12. The molecule has 1 atom stereocenters. The maximum atomic E-state index is 12.5. The molecule has 1 saturated heterocycles. The summed E-state index contributed by atoms with van der Waals surface area (Å²) in [5.74, 6) is 0. The zero-order chi connectivity index (χ0) is 7.40. The van der Waals surface area contributed by atoms with E-state index >= 15 is 0 Å². The molecule has 0 amide bonds. The number of nitrogens with zero attached hydrogens (tertiary/aromatic N) is 1. The molecule has 1 unspecified atom stereocenters. The predicted octanol–water partition coefficient (Wildman–Crippen LogP) is 0.619. The summed E-state index contributed by atoms with van der Waals surface area (Å²) in [5, 5.41) is 0. The van der Waals surface area contributed by atoms with Gasteiger partial charge in [0, 0.05) is 26.1 Å². The van der Waals surface area contributed by atoms with Gasteiger partial charge in [0.25, 0.3) is 0 Å². The summed E-state index contributed by atoms with van der Waals surface area (Å²) < 4.78 is 12.5.